The topological polar surface area (TPSA) is 86.7 Å². The van der Waals surface area contributed by atoms with Gasteiger partial charge in [-0.2, -0.15) is 0 Å². The predicted molar refractivity (Wildman–Crippen MR) is 76.5 cm³/mol. The summed E-state index contributed by atoms with van der Waals surface area (Å²) in [6.07, 6.45) is 5.35. The van der Waals surface area contributed by atoms with Gasteiger partial charge in [-0.15, -0.1) is 0 Å². The van der Waals surface area contributed by atoms with Crippen molar-refractivity contribution < 1.29 is 19.5 Å². The maximum atomic E-state index is 12.6. The van der Waals surface area contributed by atoms with Gasteiger partial charge < -0.3 is 15.3 Å². The maximum Gasteiger partial charge on any atom is 0.325 e. The molecule has 1 aliphatic heterocycles. The van der Waals surface area contributed by atoms with Crippen molar-refractivity contribution in [3.05, 3.63) is 0 Å². The molecular formula is C15H24N2O4. The lowest BCUT2D eigenvalue weighted by Gasteiger charge is -2.32. The van der Waals surface area contributed by atoms with E-state index in [9.17, 15) is 14.4 Å². The average molecular weight is 296 g/mol. The molecule has 2 N–H and O–H groups in total. The van der Waals surface area contributed by atoms with Gasteiger partial charge in [0.2, 0.25) is 11.8 Å². The Hall–Kier alpha value is -1.59. The van der Waals surface area contributed by atoms with E-state index in [1.54, 1.807) is 0 Å². The fourth-order valence-electron chi connectivity index (χ4n) is 3.29. The molecule has 0 radical (unpaired) electrons. The van der Waals surface area contributed by atoms with Gasteiger partial charge in [0.1, 0.15) is 6.04 Å². The average Bonchev–Trinajstić information content (AvgIpc) is 3.00. The number of carbonyl (C=O) groups is 3. The van der Waals surface area contributed by atoms with Crippen LogP contribution in [0.5, 0.6) is 0 Å². The predicted octanol–water partition coefficient (Wildman–Crippen LogP) is 1.00. The summed E-state index contributed by atoms with van der Waals surface area (Å²) in [6, 6.07) is -0.915. The van der Waals surface area contributed by atoms with Crippen LogP contribution in [-0.2, 0) is 14.4 Å². The molecule has 2 fully saturated rings. The van der Waals surface area contributed by atoms with Gasteiger partial charge in [0, 0.05) is 24.9 Å². The summed E-state index contributed by atoms with van der Waals surface area (Å²) in [5, 5.41) is 11.4. The third kappa shape index (κ3) is 3.74. The van der Waals surface area contributed by atoms with E-state index in [2.05, 4.69) is 5.32 Å². The molecule has 2 unspecified atom stereocenters. The largest absolute Gasteiger partial charge is 0.480 e. The van der Waals surface area contributed by atoms with Crippen LogP contribution >= 0.6 is 0 Å². The van der Waals surface area contributed by atoms with Crippen LogP contribution in [0.15, 0.2) is 0 Å². The van der Waals surface area contributed by atoms with Crippen LogP contribution in [0.3, 0.4) is 0 Å². The Kier molecular flexibility index (Phi) is 5.20. The molecule has 2 aliphatic rings. The number of carbonyl (C=O) groups excluding carboxylic acids is 2. The number of hydrogen-bond donors (Lipinski definition) is 2. The number of aliphatic carboxylic acids is 1. The quantitative estimate of drug-likeness (QED) is 0.810. The van der Waals surface area contributed by atoms with Gasteiger partial charge in [-0.25, -0.2) is 0 Å². The van der Waals surface area contributed by atoms with Gasteiger partial charge in [0.05, 0.1) is 0 Å². The van der Waals surface area contributed by atoms with Crippen LogP contribution in [0.1, 0.15) is 45.4 Å². The Morgan fingerprint density at radius 3 is 2.19 bits per heavy atom. The Morgan fingerprint density at radius 1 is 1.05 bits per heavy atom. The van der Waals surface area contributed by atoms with Crippen LogP contribution in [0, 0.1) is 11.8 Å². The lowest BCUT2D eigenvalue weighted by Crippen LogP contribution is -2.48. The standard InChI is InChI=1S/C15H24N2O4/c1-10(15(20)21)16-13(18)11-6-2-3-7-12(11)14(19)17-8-4-5-9-17/h10-12H,2-9H2,1H3,(H,16,18)(H,20,21)/t10-,11?,12?/m0/s1. The molecule has 21 heavy (non-hydrogen) atoms. The lowest BCUT2D eigenvalue weighted by molar-refractivity contribution is -0.145. The molecule has 0 aromatic heterocycles. The van der Waals surface area contributed by atoms with Crippen molar-refractivity contribution in [3.63, 3.8) is 0 Å². The Balaban J connectivity index is 2.02. The highest BCUT2D eigenvalue weighted by atomic mass is 16.4. The summed E-state index contributed by atoms with van der Waals surface area (Å²) in [6.45, 7) is 3.02. The number of carboxylic acids is 1. The van der Waals surface area contributed by atoms with Crippen molar-refractivity contribution in [1.29, 1.82) is 0 Å². The van der Waals surface area contributed by atoms with Crippen LogP contribution in [0.25, 0.3) is 0 Å². The summed E-state index contributed by atoms with van der Waals surface area (Å²) in [4.78, 5) is 37.6. The fourth-order valence-corrected chi connectivity index (χ4v) is 3.29. The normalized spacial score (nSPS) is 27.2. The molecule has 3 atom stereocenters. The molecule has 1 saturated heterocycles. The van der Waals surface area contributed by atoms with E-state index in [0.29, 0.717) is 6.42 Å². The number of likely N-dealkylation sites (tertiary alicyclic amines) is 1. The second kappa shape index (κ2) is 6.91. The summed E-state index contributed by atoms with van der Waals surface area (Å²) < 4.78 is 0. The third-order valence-electron chi connectivity index (χ3n) is 4.57. The van der Waals surface area contributed by atoms with E-state index in [1.807, 2.05) is 4.90 Å². The fraction of sp³-hybridized carbons (Fsp3) is 0.800. The highest BCUT2D eigenvalue weighted by molar-refractivity contribution is 5.90. The molecular weight excluding hydrogens is 272 g/mol. The summed E-state index contributed by atoms with van der Waals surface area (Å²) in [5.41, 5.74) is 0. The minimum absolute atomic E-state index is 0.0790. The van der Waals surface area contributed by atoms with Crippen LogP contribution in [-0.4, -0.2) is 46.9 Å². The Labute approximate surface area is 124 Å². The number of amides is 2. The lowest BCUT2D eigenvalue weighted by atomic mass is 9.77. The zero-order valence-electron chi connectivity index (χ0n) is 12.5. The zero-order valence-corrected chi connectivity index (χ0v) is 12.5. The summed E-state index contributed by atoms with van der Waals surface area (Å²) in [5.74, 6) is -1.93. The van der Waals surface area contributed by atoms with Crippen LogP contribution < -0.4 is 5.32 Å². The first-order valence-corrected chi connectivity index (χ1v) is 7.82. The second-order valence-corrected chi connectivity index (χ2v) is 6.10. The Morgan fingerprint density at radius 2 is 1.62 bits per heavy atom. The molecule has 0 bridgehead atoms. The smallest absolute Gasteiger partial charge is 0.325 e. The Bertz CT molecular complexity index is 418. The number of nitrogens with one attached hydrogen (secondary N) is 1. The maximum absolute atomic E-state index is 12.6. The van der Waals surface area contributed by atoms with Crippen molar-refractivity contribution in [2.45, 2.75) is 51.5 Å². The second-order valence-electron chi connectivity index (χ2n) is 6.10. The minimum atomic E-state index is -1.05. The molecule has 1 heterocycles. The SMILES string of the molecule is C[C@H](NC(=O)C1CCCCC1C(=O)N1CCCC1)C(=O)O. The molecule has 6 nitrogen and oxygen atoms in total. The molecule has 0 aromatic carbocycles. The molecule has 6 heteroatoms. The van der Waals surface area contributed by atoms with Crippen molar-refractivity contribution >= 4 is 17.8 Å². The molecule has 2 amide bonds. The van der Waals surface area contributed by atoms with Gasteiger partial charge >= 0.3 is 5.97 Å². The molecule has 118 valence electrons. The highest BCUT2D eigenvalue weighted by Crippen LogP contribution is 2.32. The van der Waals surface area contributed by atoms with Crippen molar-refractivity contribution in [2.24, 2.45) is 11.8 Å². The first-order chi connectivity index (χ1) is 10.0. The van der Waals surface area contributed by atoms with Gasteiger partial charge in [0.15, 0.2) is 0 Å². The minimum Gasteiger partial charge on any atom is -0.480 e. The van der Waals surface area contributed by atoms with Gasteiger partial charge in [-0.05, 0) is 32.6 Å². The van der Waals surface area contributed by atoms with Crippen LogP contribution in [0.2, 0.25) is 0 Å². The van der Waals surface area contributed by atoms with Crippen molar-refractivity contribution in [1.82, 2.24) is 10.2 Å². The molecule has 0 aromatic rings. The summed E-state index contributed by atoms with van der Waals surface area (Å²) in [7, 11) is 0. The van der Waals surface area contributed by atoms with E-state index in [4.69, 9.17) is 5.11 Å². The monoisotopic (exact) mass is 296 g/mol. The van der Waals surface area contributed by atoms with E-state index < -0.39 is 12.0 Å². The summed E-state index contributed by atoms with van der Waals surface area (Å²) >= 11 is 0. The van der Waals surface area contributed by atoms with Crippen LogP contribution in [0.4, 0.5) is 0 Å². The van der Waals surface area contributed by atoms with E-state index in [0.717, 1.165) is 45.2 Å². The zero-order chi connectivity index (χ0) is 15.4. The van der Waals surface area contributed by atoms with Crippen molar-refractivity contribution in [3.8, 4) is 0 Å². The number of rotatable bonds is 4. The van der Waals surface area contributed by atoms with Gasteiger partial charge in [-0.1, -0.05) is 12.8 Å². The molecule has 1 aliphatic carbocycles. The first-order valence-electron chi connectivity index (χ1n) is 7.82. The highest BCUT2D eigenvalue weighted by Gasteiger charge is 2.38. The molecule has 1 saturated carbocycles. The molecule has 2 rings (SSSR count). The van der Waals surface area contributed by atoms with Crippen molar-refractivity contribution in [2.75, 3.05) is 13.1 Å². The van der Waals surface area contributed by atoms with Gasteiger partial charge in [-0.3, -0.25) is 14.4 Å². The number of nitrogens with zero attached hydrogens (tertiary/aromatic N) is 1. The van der Waals surface area contributed by atoms with E-state index in [1.165, 1.54) is 6.92 Å². The third-order valence-corrected chi connectivity index (χ3v) is 4.57. The molecule has 0 spiro atoms. The number of carboxylic acid groups (broad SMARTS) is 1. The first kappa shape index (κ1) is 15.8. The van der Waals surface area contributed by atoms with E-state index in [-0.39, 0.29) is 23.7 Å². The number of hydrogen-bond acceptors (Lipinski definition) is 3. The van der Waals surface area contributed by atoms with Gasteiger partial charge in [0.25, 0.3) is 0 Å². The van der Waals surface area contributed by atoms with E-state index >= 15 is 0 Å².